The molecule has 108 valence electrons. The Morgan fingerprint density at radius 2 is 2.05 bits per heavy atom. The Kier molecular flexibility index (Phi) is 3.98. The van der Waals surface area contributed by atoms with E-state index in [0.29, 0.717) is 5.82 Å². The minimum absolute atomic E-state index is 0.0849. The van der Waals surface area contributed by atoms with Crippen LogP contribution in [-0.4, -0.2) is 41.4 Å². The van der Waals surface area contributed by atoms with Crippen LogP contribution in [0.2, 0.25) is 0 Å². The smallest absolute Gasteiger partial charge is 0.262 e. The van der Waals surface area contributed by atoms with E-state index in [1.165, 1.54) is 4.31 Å². The van der Waals surface area contributed by atoms with Crippen LogP contribution in [0.4, 0.5) is 0 Å². The number of nitrogens with two attached hydrogens (primary N) is 1. The molecule has 0 spiro atoms. The second-order valence-electron chi connectivity index (χ2n) is 5.27. The lowest BCUT2D eigenvalue weighted by Crippen LogP contribution is -2.50. The third kappa shape index (κ3) is 2.68. The fourth-order valence-electron chi connectivity index (χ4n) is 2.57. The number of aryl methyl sites for hydroxylation is 2. The molecule has 2 unspecified atom stereocenters. The maximum atomic E-state index is 12.5. The number of sulfonamides is 1. The first-order valence-corrected chi connectivity index (χ1v) is 8.01. The average Bonchev–Trinajstić information content (AvgIpc) is 2.70. The van der Waals surface area contributed by atoms with Gasteiger partial charge in [0.25, 0.3) is 10.0 Å². The van der Waals surface area contributed by atoms with Crippen LogP contribution in [0, 0.1) is 6.92 Å². The first-order chi connectivity index (χ1) is 8.84. The van der Waals surface area contributed by atoms with Crippen molar-refractivity contribution in [2.24, 2.45) is 12.8 Å². The molecule has 1 aliphatic rings. The summed E-state index contributed by atoms with van der Waals surface area (Å²) in [6.07, 6.45) is 5.36. The summed E-state index contributed by atoms with van der Waals surface area (Å²) >= 11 is 0. The molecule has 1 heterocycles. The standard InChI is InChI=1S/C12H22N4O2S/c1-9-14-12(8-15(9)2)19(17,18)16(3)11-7-5-4-6-10(11)13/h8,10-11H,4-7,13H2,1-3H3. The van der Waals surface area contributed by atoms with Gasteiger partial charge in [-0.1, -0.05) is 12.8 Å². The summed E-state index contributed by atoms with van der Waals surface area (Å²) in [7, 11) is -0.160. The Labute approximate surface area is 114 Å². The van der Waals surface area contributed by atoms with Gasteiger partial charge in [0, 0.05) is 32.4 Å². The molecule has 0 saturated heterocycles. The van der Waals surface area contributed by atoms with Gasteiger partial charge in [-0.3, -0.25) is 0 Å². The largest absolute Gasteiger partial charge is 0.337 e. The summed E-state index contributed by atoms with van der Waals surface area (Å²) in [4.78, 5) is 4.12. The quantitative estimate of drug-likeness (QED) is 0.883. The number of hydrogen-bond donors (Lipinski definition) is 1. The summed E-state index contributed by atoms with van der Waals surface area (Å²) in [5.41, 5.74) is 6.06. The number of rotatable bonds is 3. The second-order valence-corrected chi connectivity index (χ2v) is 7.22. The molecule has 1 aromatic heterocycles. The van der Waals surface area contributed by atoms with E-state index in [0.717, 1.165) is 25.7 Å². The monoisotopic (exact) mass is 286 g/mol. The number of nitrogens with zero attached hydrogens (tertiary/aromatic N) is 3. The van der Waals surface area contributed by atoms with Crippen molar-refractivity contribution in [2.75, 3.05) is 7.05 Å². The highest BCUT2D eigenvalue weighted by Gasteiger charge is 2.34. The molecule has 0 radical (unpaired) electrons. The van der Waals surface area contributed by atoms with Gasteiger partial charge >= 0.3 is 0 Å². The van der Waals surface area contributed by atoms with Crippen LogP contribution in [0.3, 0.4) is 0 Å². The molecule has 0 bridgehead atoms. The van der Waals surface area contributed by atoms with Gasteiger partial charge in [0.15, 0.2) is 5.03 Å². The lowest BCUT2D eigenvalue weighted by atomic mass is 9.91. The SMILES string of the molecule is Cc1nc(S(=O)(=O)N(C)C2CCCCC2N)cn1C. The van der Waals surface area contributed by atoms with Gasteiger partial charge in [0.1, 0.15) is 5.82 Å². The van der Waals surface area contributed by atoms with Gasteiger partial charge in [-0.2, -0.15) is 4.31 Å². The van der Waals surface area contributed by atoms with E-state index >= 15 is 0 Å². The molecule has 1 aliphatic carbocycles. The molecule has 1 aromatic rings. The zero-order chi connectivity index (χ0) is 14.2. The topological polar surface area (TPSA) is 81.2 Å². The lowest BCUT2D eigenvalue weighted by Gasteiger charge is -2.34. The van der Waals surface area contributed by atoms with Crippen LogP contribution < -0.4 is 5.73 Å². The molecule has 0 aliphatic heterocycles. The van der Waals surface area contributed by atoms with Gasteiger partial charge < -0.3 is 10.3 Å². The van der Waals surface area contributed by atoms with Crippen LogP contribution >= 0.6 is 0 Å². The zero-order valence-electron chi connectivity index (χ0n) is 11.7. The van der Waals surface area contributed by atoms with Crippen LogP contribution in [0.1, 0.15) is 31.5 Å². The lowest BCUT2D eigenvalue weighted by molar-refractivity contribution is 0.252. The predicted molar refractivity (Wildman–Crippen MR) is 73.1 cm³/mol. The zero-order valence-corrected chi connectivity index (χ0v) is 12.5. The van der Waals surface area contributed by atoms with Crippen molar-refractivity contribution < 1.29 is 8.42 Å². The van der Waals surface area contributed by atoms with Gasteiger partial charge in [-0.05, 0) is 19.8 Å². The number of aromatic nitrogens is 2. The molecule has 0 aromatic carbocycles. The molecule has 6 nitrogen and oxygen atoms in total. The average molecular weight is 286 g/mol. The summed E-state index contributed by atoms with van der Waals surface area (Å²) in [6, 6.07) is -0.209. The maximum absolute atomic E-state index is 12.5. The first kappa shape index (κ1) is 14.5. The molecule has 19 heavy (non-hydrogen) atoms. The maximum Gasteiger partial charge on any atom is 0.262 e. The van der Waals surface area contributed by atoms with Crippen molar-refractivity contribution in [3.8, 4) is 0 Å². The van der Waals surface area contributed by atoms with Gasteiger partial charge in [0.05, 0.1) is 0 Å². The van der Waals surface area contributed by atoms with Crippen molar-refractivity contribution in [1.29, 1.82) is 0 Å². The van der Waals surface area contributed by atoms with Crippen LogP contribution in [-0.2, 0) is 17.1 Å². The molecule has 2 N–H and O–H groups in total. The minimum atomic E-state index is -3.55. The van der Waals surface area contributed by atoms with Crippen molar-refractivity contribution in [3.63, 3.8) is 0 Å². The van der Waals surface area contributed by atoms with E-state index in [9.17, 15) is 8.42 Å². The van der Waals surface area contributed by atoms with Crippen LogP contribution in [0.25, 0.3) is 0 Å². The molecule has 7 heteroatoms. The molecule has 2 atom stereocenters. The van der Waals surface area contributed by atoms with Gasteiger partial charge in [-0.15, -0.1) is 0 Å². The molecular weight excluding hydrogens is 264 g/mol. The van der Waals surface area contributed by atoms with E-state index < -0.39 is 10.0 Å². The highest BCUT2D eigenvalue weighted by molar-refractivity contribution is 7.89. The fraction of sp³-hybridized carbons (Fsp3) is 0.750. The van der Waals surface area contributed by atoms with Crippen molar-refractivity contribution in [1.82, 2.24) is 13.9 Å². The molecule has 0 amide bonds. The van der Waals surface area contributed by atoms with Crippen molar-refractivity contribution in [3.05, 3.63) is 12.0 Å². The molecule has 1 saturated carbocycles. The third-order valence-electron chi connectivity index (χ3n) is 3.98. The Hall–Kier alpha value is -0.920. The van der Waals surface area contributed by atoms with E-state index in [4.69, 9.17) is 5.73 Å². The Morgan fingerprint density at radius 3 is 2.58 bits per heavy atom. The summed E-state index contributed by atoms with van der Waals surface area (Å²) < 4.78 is 28.2. The predicted octanol–water partition coefficient (Wildman–Crippen LogP) is 0.619. The van der Waals surface area contributed by atoms with Crippen LogP contribution in [0.15, 0.2) is 11.2 Å². The molecule has 2 rings (SSSR count). The van der Waals surface area contributed by atoms with Crippen LogP contribution in [0.5, 0.6) is 0 Å². The van der Waals surface area contributed by atoms with Crippen molar-refractivity contribution >= 4 is 10.0 Å². The van der Waals surface area contributed by atoms with E-state index in [2.05, 4.69) is 4.98 Å². The first-order valence-electron chi connectivity index (χ1n) is 6.57. The second kappa shape index (κ2) is 5.22. The van der Waals surface area contributed by atoms with Crippen molar-refractivity contribution in [2.45, 2.75) is 49.7 Å². The third-order valence-corrected chi connectivity index (χ3v) is 5.73. The minimum Gasteiger partial charge on any atom is -0.337 e. The summed E-state index contributed by atoms with van der Waals surface area (Å²) in [5, 5.41) is 0.104. The molecular formula is C12H22N4O2S. The van der Waals surface area contributed by atoms with E-state index in [1.807, 2.05) is 0 Å². The Bertz CT molecular complexity index is 533. The fourth-order valence-corrected chi connectivity index (χ4v) is 4.02. The van der Waals surface area contributed by atoms with Gasteiger partial charge in [0.2, 0.25) is 0 Å². The normalized spacial score (nSPS) is 24.9. The van der Waals surface area contributed by atoms with E-state index in [1.54, 1.807) is 31.8 Å². The highest BCUT2D eigenvalue weighted by atomic mass is 32.2. The highest BCUT2D eigenvalue weighted by Crippen LogP contribution is 2.25. The summed E-state index contributed by atoms with van der Waals surface area (Å²) in [6.45, 7) is 1.78. The van der Waals surface area contributed by atoms with Gasteiger partial charge in [-0.25, -0.2) is 13.4 Å². The number of imidazole rings is 1. The molecule has 1 fully saturated rings. The number of likely N-dealkylation sites (N-methyl/N-ethyl adjacent to an activating group) is 1. The Morgan fingerprint density at radius 1 is 1.42 bits per heavy atom. The number of hydrogen-bond acceptors (Lipinski definition) is 4. The Balaban J connectivity index is 2.28. The summed E-state index contributed by atoms with van der Waals surface area (Å²) in [5.74, 6) is 0.680. The van der Waals surface area contributed by atoms with E-state index in [-0.39, 0.29) is 17.1 Å².